The molecule has 1 saturated heterocycles. The molecular weight excluding hydrogens is 304 g/mol. The van der Waals surface area contributed by atoms with Crippen LogP contribution in [0.1, 0.15) is 12.0 Å². The second-order valence-corrected chi connectivity index (χ2v) is 6.21. The molecule has 6 nitrogen and oxygen atoms in total. The minimum atomic E-state index is -0.160. The number of amides is 1. The Kier molecular flexibility index (Phi) is 5.27. The fraction of sp³-hybridized carbons (Fsp3) is 0.444. The molecule has 2 heterocycles. The van der Waals surface area contributed by atoms with E-state index in [0.29, 0.717) is 0 Å². The molecule has 2 atom stereocenters. The van der Waals surface area contributed by atoms with Gasteiger partial charge in [0.1, 0.15) is 5.82 Å². The molecule has 2 aromatic rings. The maximum atomic E-state index is 12.6. The van der Waals surface area contributed by atoms with E-state index >= 15 is 0 Å². The van der Waals surface area contributed by atoms with Crippen LogP contribution in [0.15, 0.2) is 42.6 Å². The van der Waals surface area contributed by atoms with Gasteiger partial charge in [-0.15, -0.1) is 0 Å². The SMILES string of the molecule is CO[C@H]1C[C@@H](C(=O)Nc2ccnn2CCc2ccccc2)N(C)C1. The Morgan fingerprint density at radius 3 is 2.83 bits per heavy atom. The van der Waals surface area contributed by atoms with Crippen molar-refractivity contribution in [3.63, 3.8) is 0 Å². The quantitative estimate of drug-likeness (QED) is 0.878. The smallest absolute Gasteiger partial charge is 0.242 e. The highest BCUT2D eigenvalue weighted by molar-refractivity contribution is 5.94. The zero-order chi connectivity index (χ0) is 16.9. The number of ether oxygens (including phenoxy) is 1. The standard InChI is InChI=1S/C18H24N4O2/c1-21-13-15(24-2)12-16(21)18(23)20-17-8-10-19-22(17)11-9-14-6-4-3-5-7-14/h3-8,10,15-16H,9,11-13H2,1-2H3,(H,20,23)/t15-,16-/m0/s1. The fourth-order valence-corrected chi connectivity index (χ4v) is 3.14. The first-order valence-electron chi connectivity index (χ1n) is 8.27. The Morgan fingerprint density at radius 2 is 2.12 bits per heavy atom. The molecule has 128 valence electrons. The van der Waals surface area contributed by atoms with E-state index in [1.165, 1.54) is 5.56 Å². The largest absolute Gasteiger partial charge is 0.380 e. The van der Waals surface area contributed by atoms with Crippen LogP contribution >= 0.6 is 0 Å². The third-order valence-electron chi connectivity index (χ3n) is 4.57. The summed E-state index contributed by atoms with van der Waals surface area (Å²) in [6, 6.07) is 11.9. The van der Waals surface area contributed by atoms with Gasteiger partial charge in [-0.3, -0.25) is 9.69 Å². The Hall–Kier alpha value is -2.18. The number of benzene rings is 1. The number of rotatable bonds is 6. The number of likely N-dealkylation sites (N-methyl/N-ethyl adjacent to an activating group) is 1. The summed E-state index contributed by atoms with van der Waals surface area (Å²) in [5, 5.41) is 7.33. The van der Waals surface area contributed by atoms with Crippen molar-refractivity contribution < 1.29 is 9.53 Å². The number of likely N-dealkylation sites (tertiary alicyclic amines) is 1. The summed E-state index contributed by atoms with van der Waals surface area (Å²) >= 11 is 0. The summed E-state index contributed by atoms with van der Waals surface area (Å²) in [4.78, 5) is 14.6. The highest BCUT2D eigenvalue weighted by Crippen LogP contribution is 2.20. The summed E-state index contributed by atoms with van der Waals surface area (Å²) in [6.07, 6.45) is 3.43. The van der Waals surface area contributed by atoms with E-state index in [1.807, 2.05) is 40.9 Å². The van der Waals surface area contributed by atoms with E-state index in [4.69, 9.17) is 4.74 Å². The number of hydrogen-bond donors (Lipinski definition) is 1. The Bertz CT molecular complexity index is 671. The van der Waals surface area contributed by atoms with E-state index < -0.39 is 0 Å². The Labute approximate surface area is 142 Å². The van der Waals surface area contributed by atoms with Gasteiger partial charge in [-0.25, -0.2) is 4.68 Å². The van der Waals surface area contributed by atoms with Crippen molar-refractivity contribution in [3.05, 3.63) is 48.2 Å². The minimum absolute atomic E-state index is 0.00138. The van der Waals surface area contributed by atoms with Gasteiger partial charge in [-0.2, -0.15) is 5.10 Å². The molecule has 1 aromatic carbocycles. The number of aromatic nitrogens is 2. The number of anilines is 1. The van der Waals surface area contributed by atoms with Crippen LogP contribution in [0.2, 0.25) is 0 Å². The lowest BCUT2D eigenvalue weighted by Gasteiger charge is -2.18. The third kappa shape index (κ3) is 3.83. The number of carbonyl (C=O) groups excluding carboxylic acids is 1. The van der Waals surface area contributed by atoms with Crippen LogP contribution < -0.4 is 5.32 Å². The second-order valence-electron chi connectivity index (χ2n) is 6.21. The molecular formula is C18H24N4O2. The topological polar surface area (TPSA) is 59.4 Å². The Balaban J connectivity index is 1.60. The summed E-state index contributed by atoms with van der Waals surface area (Å²) in [6.45, 7) is 1.51. The highest BCUT2D eigenvalue weighted by Gasteiger charge is 2.34. The first kappa shape index (κ1) is 16.7. The molecule has 1 fully saturated rings. The third-order valence-corrected chi connectivity index (χ3v) is 4.57. The monoisotopic (exact) mass is 328 g/mol. The molecule has 3 rings (SSSR count). The molecule has 1 amide bonds. The van der Waals surface area contributed by atoms with Crippen LogP contribution in [0.4, 0.5) is 5.82 Å². The molecule has 6 heteroatoms. The normalized spacial score (nSPS) is 21.1. The zero-order valence-corrected chi connectivity index (χ0v) is 14.2. The van der Waals surface area contributed by atoms with E-state index in [9.17, 15) is 4.79 Å². The number of methoxy groups -OCH3 is 1. The van der Waals surface area contributed by atoms with Crippen molar-refractivity contribution in [2.24, 2.45) is 0 Å². The van der Waals surface area contributed by atoms with E-state index in [2.05, 4.69) is 22.5 Å². The van der Waals surface area contributed by atoms with Crippen LogP contribution in [-0.2, 0) is 22.5 Å². The molecule has 1 aromatic heterocycles. The number of aryl methyl sites for hydroxylation is 2. The first-order valence-corrected chi connectivity index (χ1v) is 8.27. The van der Waals surface area contributed by atoms with Crippen LogP contribution in [-0.4, -0.2) is 53.4 Å². The average molecular weight is 328 g/mol. The fourth-order valence-electron chi connectivity index (χ4n) is 3.14. The van der Waals surface area contributed by atoms with Crippen LogP contribution in [0.3, 0.4) is 0 Å². The van der Waals surface area contributed by atoms with Gasteiger partial charge in [0.2, 0.25) is 5.91 Å². The first-order chi connectivity index (χ1) is 11.7. The lowest BCUT2D eigenvalue weighted by molar-refractivity contribution is -0.120. The molecule has 0 radical (unpaired) electrons. The van der Waals surface area contributed by atoms with Crippen molar-refractivity contribution in [2.45, 2.75) is 31.5 Å². The Morgan fingerprint density at radius 1 is 1.33 bits per heavy atom. The molecule has 1 aliphatic rings. The molecule has 1 N–H and O–H groups in total. The van der Waals surface area contributed by atoms with Gasteiger partial charge in [0.15, 0.2) is 0 Å². The van der Waals surface area contributed by atoms with Gasteiger partial charge in [-0.05, 0) is 25.5 Å². The summed E-state index contributed by atoms with van der Waals surface area (Å²) in [5.41, 5.74) is 1.25. The molecule has 1 aliphatic heterocycles. The van der Waals surface area contributed by atoms with Gasteiger partial charge in [0.05, 0.1) is 18.3 Å². The molecule has 0 bridgehead atoms. The lowest BCUT2D eigenvalue weighted by atomic mass is 10.1. The highest BCUT2D eigenvalue weighted by atomic mass is 16.5. The van der Waals surface area contributed by atoms with Gasteiger partial charge in [0, 0.05) is 26.3 Å². The molecule has 0 aliphatic carbocycles. The van der Waals surface area contributed by atoms with E-state index in [1.54, 1.807) is 13.3 Å². The predicted octanol–water partition coefficient (Wildman–Crippen LogP) is 1.78. The number of nitrogens with zero attached hydrogens (tertiary/aromatic N) is 3. The van der Waals surface area contributed by atoms with Crippen LogP contribution in [0.25, 0.3) is 0 Å². The van der Waals surface area contributed by atoms with Gasteiger partial charge < -0.3 is 10.1 Å². The van der Waals surface area contributed by atoms with Crippen molar-refractivity contribution >= 4 is 11.7 Å². The average Bonchev–Trinajstić information content (AvgIpc) is 3.20. The van der Waals surface area contributed by atoms with E-state index in [-0.39, 0.29) is 18.1 Å². The van der Waals surface area contributed by atoms with E-state index in [0.717, 1.165) is 31.7 Å². The maximum Gasteiger partial charge on any atom is 0.242 e. The zero-order valence-electron chi connectivity index (χ0n) is 14.2. The number of nitrogens with one attached hydrogen (secondary N) is 1. The van der Waals surface area contributed by atoms with Crippen molar-refractivity contribution in [1.29, 1.82) is 0 Å². The summed E-state index contributed by atoms with van der Waals surface area (Å²) in [7, 11) is 3.65. The van der Waals surface area contributed by atoms with Crippen molar-refractivity contribution in [1.82, 2.24) is 14.7 Å². The molecule has 0 saturated carbocycles. The lowest BCUT2D eigenvalue weighted by Crippen LogP contribution is -2.37. The predicted molar refractivity (Wildman–Crippen MR) is 92.8 cm³/mol. The van der Waals surface area contributed by atoms with Gasteiger partial charge >= 0.3 is 0 Å². The number of hydrogen-bond acceptors (Lipinski definition) is 4. The van der Waals surface area contributed by atoms with Crippen molar-refractivity contribution in [2.75, 3.05) is 26.0 Å². The number of carbonyl (C=O) groups is 1. The summed E-state index contributed by atoms with van der Waals surface area (Å²) in [5.74, 6) is 0.740. The van der Waals surface area contributed by atoms with Gasteiger partial charge in [-0.1, -0.05) is 30.3 Å². The molecule has 0 spiro atoms. The summed E-state index contributed by atoms with van der Waals surface area (Å²) < 4.78 is 7.21. The van der Waals surface area contributed by atoms with Crippen LogP contribution in [0, 0.1) is 0 Å². The maximum absolute atomic E-state index is 12.6. The van der Waals surface area contributed by atoms with Crippen LogP contribution in [0.5, 0.6) is 0 Å². The van der Waals surface area contributed by atoms with Gasteiger partial charge in [0.25, 0.3) is 0 Å². The second kappa shape index (κ2) is 7.59. The molecule has 24 heavy (non-hydrogen) atoms. The minimum Gasteiger partial charge on any atom is -0.380 e. The van der Waals surface area contributed by atoms with Crippen molar-refractivity contribution in [3.8, 4) is 0 Å². The molecule has 0 unspecified atom stereocenters.